The Labute approximate surface area is 181 Å². The first-order valence-corrected chi connectivity index (χ1v) is 12.0. The molecule has 2 rings (SSSR count). The summed E-state index contributed by atoms with van der Waals surface area (Å²) < 4.78 is 26.7. The first-order chi connectivity index (χ1) is 14.1. The molecule has 8 nitrogen and oxygen atoms in total. The monoisotopic (exact) mass is 453 g/mol. The highest BCUT2D eigenvalue weighted by Crippen LogP contribution is 2.24. The number of carbonyl (C=O) groups excluding carboxylic acids is 2. The molecule has 1 heterocycles. The number of benzene rings is 1. The molecule has 0 saturated carbocycles. The molecule has 1 unspecified atom stereocenters. The van der Waals surface area contributed by atoms with E-state index in [9.17, 15) is 18.0 Å². The number of Topliss-reactive ketones (excluding diaryl/α,β-unsaturated/α-hetero) is 1. The summed E-state index contributed by atoms with van der Waals surface area (Å²) in [4.78, 5) is 28.8. The van der Waals surface area contributed by atoms with Crippen LogP contribution in [0.2, 0.25) is 0 Å². The highest BCUT2D eigenvalue weighted by Gasteiger charge is 2.20. The van der Waals surface area contributed by atoms with E-state index < -0.39 is 10.3 Å². The summed E-state index contributed by atoms with van der Waals surface area (Å²) >= 11 is 1.47. The maximum absolute atomic E-state index is 12.4. The van der Waals surface area contributed by atoms with Gasteiger partial charge in [-0.25, -0.2) is 4.98 Å². The van der Waals surface area contributed by atoms with Crippen molar-refractivity contribution in [3.63, 3.8) is 0 Å². The van der Waals surface area contributed by atoms with Gasteiger partial charge in [0.2, 0.25) is 5.91 Å². The van der Waals surface area contributed by atoms with Crippen molar-refractivity contribution < 1.29 is 22.2 Å². The molecule has 1 aromatic heterocycles. The van der Waals surface area contributed by atoms with E-state index in [4.69, 9.17) is 5.14 Å². The maximum Gasteiger partial charge on any atom is 0.380 e. The minimum absolute atomic E-state index is 0.0506. The molecular formula is C20H27N3O5S2. The van der Waals surface area contributed by atoms with Crippen molar-refractivity contribution in [1.29, 1.82) is 0 Å². The molecule has 2 aromatic rings. The molecule has 0 aliphatic carbocycles. The Bertz CT molecular complexity index is 969. The van der Waals surface area contributed by atoms with Crippen LogP contribution in [0.5, 0.6) is 5.75 Å². The van der Waals surface area contributed by atoms with E-state index in [1.54, 1.807) is 12.1 Å². The van der Waals surface area contributed by atoms with Gasteiger partial charge in [0.15, 0.2) is 0 Å². The first-order valence-electron chi connectivity index (χ1n) is 9.65. The van der Waals surface area contributed by atoms with E-state index in [-0.39, 0.29) is 42.2 Å². The minimum Gasteiger partial charge on any atom is -0.371 e. The van der Waals surface area contributed by atoms with Crippen molar-refractivity contribution in [3.05, 3.63) is 45.9 Å². The summed E-state index contributed by atoms with van der Waals surface area (Å²) in [6.45, 7) is 5.64. The van der Waals surface area contributed by atoms with Gasteiger partial charge in [-0.3, -0.25) is 9.59 Å². The SMILES string of the molecule is CCc1csc(C(Cc2ccc(OS(N)(=O)=O)cc2)NC(=O)CCC(=O)C(C)C)n1. The lowest BCUT2D eigenvalue weighted by Crippen LogP contribution is -2.30. The van der Waals surface area contributed by atoms with Gasteiger partial charge in [-0.2, -0.15) is 13.6 Å². The Morgan fingerprint density at radius 3 is 2.40 bits per heavy atom. The zero-order chi connectivity index (χ0) is 22.3. The highest BCUT2D eigenvalue weighted by atomic mass is 32.2. The zero-order valence-electron chi connectivity index (χ0n) is 17.3. The highest BCUT2D eigenvalue weighted by molar-refractivity contribution is 7.84. The van der Waals surface area contributed by atoms with Crippen LogP contribution in [0.4, 0.5) is 0 Å². The van der Waals surface area contributed by atoms with E-state index >= 15 is 0 Å². The first kappa shape index (κ1) is 24.0. The lowest BCUT2D eigenvalue weighted by molar-refractivity contribution is -0.127. The topological polar surface area (TPSA) is 128 Å². The normalized spacial score (nSPS) is 12.6. The van der Waals surface area contributed by atoms with Crippen LogP contribution in [0, 0.1) is 5.92 Å². The summed E-state index contributed by atoms with van der Waals surface area (Å²) in [5, 5.41) is 10.6. The Hall–Kier alpha value is -2.30. The average molecular weight is 454 g/mol. The van der Waals surface area contributed by atoms with Gasteiger partial charge in [-0.15, -0.1) is 11.3 Å². The number of amides is 1. The Morgan fingerprint density at radius 2 is 1.87 bits per heavy atom. The smallest absolute Gasteiger partial charge is 0.371 e. The molecule has 0 aliphatic rings. The van der Waals surface area contributed by atoms with E-state index in [0.29, 0.717) is 6.42 Å². The molecule has 1 aromatic carbocycles. The molecule has 0 bridgehead atoms. The maximum atomic E-state index is 12.4. The van der Waals surface area contributed by atoms with Crippen LogP contribution in [0.3, 0.4) is 0 Å². The summed E-state index contributed by atoms with van der Waals surface area (Å²) in [5.74, 6) is -0.152. The molecule has 164 valence electrons. The third-order valence-corrected chi connectivity index (χ3v) is 5.82. The van der Waals surface area contributed by atoms with Gasteiger partial charge in [0.05, 0.1) is 11.7 Å². The number of nitrogens with zero attached hydrogens (tertiary/aromatic N) is 1. The number of ketones is 1. The number of aryl methyl sites for hydroxylation is 1. The predicted molar refractivity (Wildman–Crippen MR) is 115 cm³/mol. The Morgan fingerprint density at radius 1 is 1.20 bits per heavy atom. The fourth-order valence-electron chi connectivity index (χ4n) is 2.69. The van der Waals surface area contributed by atoms with Gasteiger partial charge in [0.1, 0.15) is 16.5 Å². The lowest BCUT2D eigenvalue weighted by atomic mass is 10.0. The van der Waals surface area contributed by atoms with Gasteiger partial charge in [-0.05, 0) is 30.5 Å². The summed E-state index contributed by atoms with van der Waals surface area (Å²) in [6.07, 6.45) is 1.57. The summed E-state index contributed by atoms with van der Waals surface area (Å²) in [6, 6.07) is 6.05. The van der Waals surface area contributed by atoms with E-state index in [0.717, 1.165) is 22.7 Å². The number of hydrogen-bond donors (Lipinski definition) is 2. The number of aromatic nitrogens is 1. The Kier molecular flexibility index (Phi) is 8.51. The van der Waals surface area contributed by atoms with Crippen LogP contribution >= 0.6 is 11.3 Å². The molecule has 1 atom stereocenters. The van der Waals surface area contributed by atoms with Crippen molar-refractivity contribution in [2.45, 2.75) is 52.5 Å². The van der Waals surface area contributed by atoms with Crippen LogP contribution in [-0.2, 0) is 32.7 Å². The van der Waals surface area contributed by atoms with Gasteiger partial charge in [0.25, 0.3) is 0 Å². The molecule has 3 N–H and O–H groups in total. The molecular weight excluding hydrogens is 426 g/mol. The molecule has 10 heteroatoms. The fourth-order valence-corrected chi connectivity index (χ4v) is 4.02. The molecule has 0 aliphatic heterocycles. The number of nitrogens with two attached hydrogens (primary N) is 1. The van der Waals surface area contributed by atoms with E-state index in [1.165, 1.54) is 23.5 Å². The van der Waals surface area contributed by atoms with Crippen LogP contribution in [0.1, 0.15) is 55.9 Å². The van der Waals surface area contributed by atoms with Crippen LogP contribution in [0.25, 0.3) is 0 Å². The second kappa shape index (κ2) is 10.6. The second-order valence-corrected chi connectivity index (χ2v) is 9.24. The molecule has 0 fully saturated rings. The minimum atomic E-state index is -4.08. The number of thiazole rings is 1. The third-order valence-electron chi connectivity index (χ3n) is 4.38. The molecule has 0 radical (unpaired) electrons. The van der Waals surface area contributed by atoms with Crippen molar-refractivity contribution >= 4 is 33.3 Å². The summed E-state index contributed by atoms with van der Waals surface area (Å²) in [7, 11) is -4.08. The Balaban J connectivity index is 2.12. The van der Waals surface area contributed by atoms with E-state index in [1.807, 2.05) is 26.2 Å². The number of carbonyl (C=O) groups is 2. The quantitative estimate of drug-likeness (QED) is 0.538. The zero-order valence-corrected chi connectivity index (χ0v) is 18.9. The van der Waals surface area contributed by atoms with Crippen LogP contribution < -0.4 is 14.6 Å². The number of rotatable bonds is 11. The second-order valence-electron chi connectivity index (χ2n) is 7.20. The van der Waals surface area contributed by atoms with Crippen LogP contribution in [0.15, 0.2) is 29.6 Å². The van der Waals surface area contributed by atoms with Gasteiger partial charge in [-0.1, -0.05) is 32.9 Å². The standard InChI is InChI=1S/C20H27N3O5S2/c1-4-15-12-29-20(22-15)17(23-19(25)10-9-18(24)13(2)3)11-14-5-7-16(8-6-14)28-30(21,26)27/h5-8,12-13,17H,4,9-11H2,1-3H3,(H,23,25)(H2,21,26,27). The largest absolute Gasteiger partial charge is 0.380 e. The lowest BCUT2D eigenvalue weighted by Gasteiger charge is -2.17. The van der Waals surface area contributed by atoms with Crippen molar-refractivity contribution in [2.24, 2.45) is 11.1 Å². The average Bonchev–Trinajstić information content (AvgIpc) is 3.15. The fraction of sp³-hybridized carbons (Fsp3) is 0.450. The van der Waals surface area contributed by atoms with Crippen LogP contribution in [-0.4, -0.2) is 25.1 Å². The van der Waals surface area contributed by atoms with Crippen molar-refractivity contribution in [3.8, 4) is 5.75 Å². The summed E-state index contributed by atoms with van der Waals surface area (Å²) in [5.41, 5.74) is 1.80. The predicted octanol–water partition coefficient (Wildman–Crippen LogP) is 2.69. The molecule has 0 saturated heterocycles. The van der Waals surface area contributed by atoms with E-state index in [2.05, 4.69) is 14.5 Å². The number of nitrogens with one attached hydrogen (secondary N) is 1. The van der Waals surface area contributed by atoms with Crippen molar-refractivity contribution in [1.82, 2.24) is 10.3 Å². The van der Waals surface area contributed by atoms with Gasteiger partial charge in [0, 0.05) is 24.1 Å². The van der Waals surface area contributed by atoms with Gasteiger partial charge < -0.3 is 9.50 Å². The number of hydrogen-bond acceptors (Lipinski definition) is 7. The molecule has 30 heavy (non-hydrogen) atoms. The third kappa shape index (κ3) is 7.85. The van der Waals surface area contributed by atoms with Crippen molar-refractivity contribution in [2.75, 3.05) is 0 Å². The molecule has 0 spiro atoms. The van der Waals surface area contributed by atoms with Gasteiger partial charge >= 0.3 is 10.3 Å². The molecule has 1 amide bonds.